The summed E-state index contributed by atoms with van der Waals surface area (Å²) in [7, 11) is 0. The van der Waals surface area contributed by atoms with E-state index in [2.05, 4.69) is 170 Å². The van der Waals surface area contributed by atoms with E-state index in [9.17, 15) is 0 Å². The van der Waals surface area contributed by atoms with Crippen molar-refractivity contribution in [2.75, 3.05) is 0 Å². The van der Waals surface area contributed by atoms with Crippen LogP contribution in [0.15, 0.2) is 198 Å². The van der Waals surface area contributed by atoms with Gasteiger partial charge in [-0.05, 0) is 68.8 Å². The van der Waals surface area contributed by atoms with Crippen molar-refractivity contribution in [1.29, 1.82) is 0 Å². The molecule has 1 aliphatic carbocycles. The highest BCUT2D eigenvalue weighted by atomic mass is 32.2. The SMILES string of the molecule is c1ccc(-c2nc(-c3ccc4c(c3)sc3ccccc34)nc(-c3ccccc3-c3ccc4c(c3)Sc3ccccc3C43c4ccccc4-c4ccccc43)n2)cc1. The van der Waals surface area contributed by atoms with Gasteiger partial charge in [0.1, 0.15) is 0 Å². The van der Waals surface area contributed by atoms with Crippen LogP contribution in [-0.4, -0.2) is 15.0 Å². The van der Waals surface area contributed by atoms with Crippen LogP contribution in [0.1, 0.15) is 22.3 Å². The monoisotopic (exact) mass is 761 g/mol. The molecule has 0 unspecified atom stereocenters. The third kappa shape index (κ3) is 4.89. The maximum atomic E-state index is 5.25. The number of thiophene rings is 1. The van der Waals surface area contributed by atoms with E-state index in [1.807, 2.05) is 30.0 Å². The quantitative estimate of drug-likeness (QED) is 0.179. The second-order valence-corrected chi connectivity index (χ2v) is 16.8. The van der Waals surface area contributed by atoms with Crippen molar-refractivity contribution < 1.29 is 0 Å². The van der Waals surface area contributed by atoms with Crippen molar-refractivity contribution in [2.24, 2.45) is 0 Å². The highest BCUT2D eigenvalue weighted by molar-refractivity contribution is 7.99. The molecule has 1 aliphatic heterocycles. The number of nitrogens with zero attached hydrogens (tertiary/aromatic N) is 3. The molecule has 0 bridgehead atoms. The predicted molar refractivity (Wildman–Crippen MR) is 236 cm³/mol. The molecule has 1 spiro atoms. The average molecular weight is 762 g/mol. The molecule has 57 heavy (non-hydrogen) atoms. The van der Waals surface area contributed by atoms with E-state index >= 15 is 0 Å². The van der Waals surface area contributed by atoms with Crippen LogP contribution in [0.2, 0.25) is 0 Å². The second-order valence-electron chi connectivity index (χ2n) is 14.7. The molecule has 3 nitrogen and oxygen atoms in total. The Morgan fingerprint density at radius 3 is 1.68 bits per heavy atom. The van der Waals surface area contributed by atoms with Crippen LogP contribution >= 0.6 is 23.1 Å². The first-order valence-corrected chi connectivity index (χ1v) is 20.8. The van der Waals surface area contributed by atoms with Gasteiger partial charge in [0.05, 0.1) is 5.41 Å². The maximum Gasteiger partial charge on any atom is 0.164 e. The molecule has 3 heterocycles. The van der Waals surface area contributed by atoms with Gasteiger partial charge in [0.2, 0.25) is 0 Å². The van der Waals surface area contributed by atoms with E-state index in [1.165, 1.54) is 63.3 Å². The zero-order chi connectivity index (χ0) is 37.5. The van der Waals surface area contributed by atoms with E-state index in [-0.39, 0.29) is 0 Å². The summed E-state index contributed by atoms with van der Waals surface area (Å²) < 4.78 is 2.49. The Bertz CT molecular complexity index is 3190. The van der Waals surface area contributed by atoms with Gasteiger partial charge in [0.25, 0.3) is 0 Å². The summed E-state index contributed by atoms with van der Waals surface area (Å²) in [6.07, 6.45) is 0. The van der Waals surface area contributed by atoms with Crippen LogP contribution in [0.25, 0.3) is 76.6 Å². The minimum atomic E-state index is -0.411. The van der Waals surface area contributed by atoms with E-state index in [0.717, 1.165) is 27.8 Å². The van der Waals surface area contributed by atoms with Gasteiger partial charge >= 0.3 is 0 Å². The molecule has 2 aromatic heterocycles. The molecular weight excluding hydrogens is 731 g/mol. The zero-order valence-corrected chi connectivity index (χ0v) is 32.2. The highest BCUT2D eigenvalue weighted by Crippen LogP contribution is 2.62. The van der Waals surface area contributed by atoms with E-state index in [0.29, 0.717) is 17.5 Å². The maximum absolute atomic E-state index is 5.25. The fourth-order valence-corrected chi connectivity index (χ4v) is 11.5. The molecule has 266 valence electrons. The molecule has 2 aliphatic rings. The van der Waals surface area contributed by atoms with E-state index in [1.54, 1.807) is 11.3 Å². The van der Waals surface area contributed by atoms with Crippen molar-refractivity contribution in [2.45, 2.75) is 15.2 Å². The normalized spacial score (nSPS) is 13.3. The first-order chi connectivity index (χ1) is 28.2. The molecule has 0 N–H and O–H groups in total. The molecular formula is C52H31N3S2. The van der Waals surface area contributed by atoms with Crippen molar-refractivity contribution in [3.05, 3.63) is 210 Å². The summed E-state index contributed by atoms with van der Waals surface area (Å²) >= 11 is 3.67. The van der Waals surface area contributed by atoms with Gasteiger partial charge in [-0.2, -0.15) is 0 Å². The minimum Gasteiger partial charge on any atom is -0.208 e. The van der Waals surface area contributed by atoms with Crippen molar-refractivity contribution in [3.8, 4) is 56.4 Å². The summed E-state index contributed by atoms with van der Waals surface area (Å²) in [6.45, 7) is 0. The van der Waals surface area contributed by atoms with Crippen LogP contribution in [0, 0.1) is 0 Å². The topological polar surface area (TPSA) is 38.7 Å². The Morgan fingerprint density at radius 2 is 0.895 bits per heavy atom. The second kappa shape index (κ2) is 12.7. The van der Waals surface area contributed by atoms with Crippen LogP contribution in [0.5, 0.6) is 0 Å². The number of aromatic nitrogens is 3. The Morgan fingerprint density at radius 1 is 0.333 bits per heavy atom. The number of hydrogen-bond acceptors (Lipinski definition) is 5. The molecule has 10 aromatic rings. The van der Waals surface area contributed by atoms with Gasteiger partial charge in [-0.1, -0.05) is 176 Å². The van der Waals surface area contributed by atoms with Gasteiger partial charge in [-0.25, -0.2) is 15.0 Å². The standard InChI is InChI=1S/C52H31N3S2/c1-2-14-32(15-3-1)49-53-50(34-26-28-39-38-19-8-12-24-45(38)56-47(39)31-34)55-51(54-49)40-20-5-4-16-35(40)33-27-29-44-48(30-33)57-46-25-13-11-23-43(46)52(44)41-21-9-6-17-36(41)37-18-7-10-22-42(37)52/h1-31H. The van der Waals surface area contributed by atoms with Crippen LogP contribution in [-0.2, 0) is 5.41 Å². The third-order valence-corrected chi connectivity index (χ3v) is 13.9. The van der Waals surface area contributed by atoms with Gasteiger partial charge in [-0.3, -0.25) is 0 Å². The zero-order valence-electron chi connectivity index (χ0n) is 30.6. The molecule has 12 rings (SSSR count). The molecule has 0 amide bonds. The summed E-state index contributed by atoms with van der Waals surface area (Å²) in [5.74, 6) is 1.96. The fourth-order valence-electron chi connectivity index (χ4n) is 9.17. The average Bonchev–Trinajstić information content (AvgIpc) is 3.80. The summed E-state index contributed by atoms with van der Waals surface area (Å²) in [5, 5.41) is 2.53. The largest absolute Gasteiger partial charge is 0.208 e. The van der Waals surface area contributed by atoms with Gasteiger partial charge in [-0.15, -0.1) is 11.3 Å². The van der Waals surface area contributed by atoms with Crippen molar-refractivity contribution in [1.82, 2.24) is 15.0 Å². The number of hydrogen-bond donors (Lipinski definition) is 0. The first kappa shape index (κ1) is 32.6. The summed E-state index contributed by atoms with van der Waals surface area (Å²) in [5.41, 5.74) is 12.6. The Labute approximate surface area is 338 Å². The molecule has 0 fully saturated rings. The predicted octanol–water partition coefficient (Wildman–Crippen LogP) is 13.7. The lowest BCUT2D eigenvalue weighted by atomic mass is 9.67. The Hall–Kier alpha value is -6.66. The number of rotatable bonds is 4. The molecule has 0 saturated heterocycles. The Balaban J connectivity index is 1.04. The van der Waals surface area contributed by atoms with Crippen LogP contribution in [0.3, 0.4) is 0 Å². The highest BCUT2D eigenvalue weighted by Gasteiger charge is 2.50. The number of benzene rings is 8. The molecule has 0 atom stereocenters. The van der Waals surface area contributed by atoms with Crippen molar-refractivity contribution >= 4 is 43.3 Å². The molecule has 0 radical (unpaired) electrons. The van der Waals surface area contributed by atoms with Gasteiger partial charge < -0.3 is 0 Å². The first-order valence-electron chi connectivity index (χ1n) is 19.2. The van der Waals surface area contributed by atoms with Crippen LogP contribution < -0.4 is 0 Å². The molecule has 5 heteroatoms. The van der Waals surface area contributed by atoms with Crippen molar-refractivity contribution in [3.63, 3.8) is 0 Å². The number of fused-ring (bicyclic) bond motifs is 12. The molecule has 8 aromatic carbocycles. The van der Waals surface area contributed by atoms with E-state index < -0.39 is 5.41 Å². The lowest BCUT2D eigenvalue weighted by Gasteiger charge is -2.39. The van der Waals surface area contributed by atoms with Crippen LogP contribution in [0.4, 0.5) is 0 Å². The Kier molecular flexibility index (Phi) is 7.25. The molecule has 0 saturated carbocycles. The minimum absolute atomic E-state index is 0.411. The lowest BCUT2D eigenvalue weighted by Crippen LogP contribution is -2.31. The van der Waals surface area contributed by atoms with Gasteiger partial charge in [0, 0.05) is 46.7 Å². The smallest absolute Gasteiger partial charge is 0.164 e. The lowest BCUT2D eigenvalue weighted by molar-refractivity contribution is 0.722. The van der Waals surface area contributed by atoms with Gasteiger partial charge in [0.15, 0.2) is 17.5 Å². The third-order valence-electron chi connectivity index (χ3n) is 11.6. The summed E-state index contributed by atoms with van der Waals surface area (Å²) in [4.78, 5) is 18.1. The summed E-state index contributed by atoms with van der Waals surface area (Å²) in [6, 6.07) is 67.9. The fraction of sp³-hybridized carbons (Fsp3) is 0.0192. The van der Waals surface area contributed by atoms with E-state index in [4.69, 9.17) is 15.0 Å².